The van der Waals surface area contributed by atoms with Gasteiger partial charge in [0.1, 0.15) is 6.04 Å². The van der Waals surface area contributed by atoms with E-state index in [1.165, 1.54) is 0 Å². The Balaban J connectivity index is 1.33. The summed E-state index contributed by atoms with van der Waals surface area (Å²) in [6.45, 7) is 0.403. The molecule has 1 atom stereocenters. The summed E-state index contributed by atoms with van der Waals surface area (Å²) in [5.74, 6) is 0.0161. The average Bonchev–Trinajstić information content (AvgIpc) is 3.38. The zero-order chi connectivity index (χ0) is 22.5. The molecule has 6 rings (SSSR count). The molecule has 4 aromatic rings. The number of carboxylic acids is 1. The molecule has 2 aromatic carbocycles. The molecule has 0 bridgehead atoms. The van der Waals surface area contributed by atoms with Gasteiger partial charge in [-0.25, -0.2) is 4.98 Å². The highest BCUT2D eigenvalue weighted by Gasteiger charge is 2.39. The molecule has 1 aliphatic carbocycles. The number of H-pyrrole nitrogens is 1. The van der Waals surface area contributed by atoms with E-state index in [4.69, 9.17) is 4.52 Å². The maximum atomic E-state index is 13.0. The molecule has 2 aliphatic rings. The van der Waals surface area contributed by atoms with Gasteiger partial charge in [-0.15, -0.1) is 0 Å². The SMILES string of the molecule is O=C(O)CC1Nc2ccc(-c3nc(-c4nc5ccccc5[nH]4)no3)cc2CN(C2CC2)C1=O. The fraction of sp³-hybridized carbons (Fsp3) is 0.261. The molecule has 1 amide bonds. The van der Waals surface area contributed by atoms with Crippen LogP contribution in [0.25, 0.3) is 34.1 Å². The highest BCUT2D eigenvalue weighted by Crippen LogP contribution is 2.35. The maximum Gasteiger partial charge on any atom is 0.305 e. The highest BCUT2D eigenvalue weighted by atomic mass is 16.5. The predicted molar refractivity (Wildman–Crippen MR) is 118 cm³/mol. The first-order chi connectivity index (χ1) is 16.0. The van der Waals surface area contributed by atoms with Gasteiger partial charge >= 0.3 is 5.97 Å². The Bertz CT molecular complexity index is 1360. The van der Waals surface area contributed by atoms with Crippen molar-refractivity contribution in [2.75, 3.05) is 5.32 Å². The number of para-hydroxylation sites is 2. The Morgan fingerprint density at radius 3 is 2.82 bits per heavy atom. The average molecular weight is 444 g/mol. The second kappa shape index (κ2) is 7.44. The Morgan fingerprint density at radius 1 is 1.18 bits per heavy atom. The summed E-state index contributed by atoms with van der Waals surface area (Å²) in [6, 6.07) is 12.6. The second-order valence-electron chi connectivity index (χ2n) is 8.39. The number of amides is 1. The zero-order valence-corrected chi connectivity index (χ0v) is 17.5. The van der Waals surface area contributed by atoms with Crippen molar-refractivity contribution in [3.8, 4) is 23.1 Å². The number of aliphatic carboxylic acids is 1. The van der Waals surface area contributed by atoms with E-state index < -0.39 is 12.0 Å². The number of aromatic amines is 1. The first-order valence-corrected chi connectivity index (χ1v) is 10.8. The normalized spacial score (nSPS) is 18.1. The van der Waals surface area contributed by atoms with E-state index in [1.807, 2.05) is 42.5 Å². The lowest BCUT2D eigenvalue weighted by Crippen LogP contribution is -2.42. The van der Waals surface area contributed by atoms with E-state index in [9.17, 15) is 14.7 Å². The van der Waals surface area contributed by atoms with E-state index in [2.05, 4.69) is 25.4 Å². The van der Waals surface area contributed by atoms with Gasteiger partial charge in [0.05, 0.1) is 17.5 Å². The van der Waals surface area contributed by atoms with Gasteiger partial charge < -0.3 is 24.8 Å². The fourth-order valence-electron chi connectivity index (χ4n) is 4.21. The number of rotatable bonds is 5. The molecule has 1 saturated carbocycles. The molecule has 0 spiro atoms. The van der Waals surface area contributed by atoms with Crippen molar-refractivity contribution >= 4 is 28.6 Å². The Kier molecular flexibility index (Phi) is 4.39. The maximum absolute atomic E-state index is 13.0. The van der Waals surface area contributed by atoms with Crippen molar-refractivity contribution in [3.63, 3.8) is 0 Å². The summed E-state index contributed by atoms with van der Waals surface area (Å²) in [5.41, 5.74) is 4.03. The molecule has 1 aliphatic heterocycles. The molecule has 10 nitrogen and oxygen atoms in total. The van der Waals surface area contributed by atoms with Crippen LogP contribution in [0.3, 0.4) is 0 Å². The van der Waals surface area contributed by atoms with Crippen LogP contribution >= 0.6 is 0 Å². The number of imidazole rings is 1. The van der Waals surface area contributed by atoms with Crippen LogP contribution in [0, 0.1) is 0 Å². The van der Waals surface area contributed by atoms with Crippen LogP contribution in [0.2, 0.25) is 0 Å². The number of carbonyl (C=O) groups is 2. The Hall–Kier alpha value is -4.21. The third-order valence-electron chi connectivity index (χ3n) is 6.00. The number of hydrogen-bond acceptors (Lipinski definition) is 7. The molecule has 10 heteroatoms. The number of nitrogens with zero attached hydrogens (tertiary/aromatic N) is 4. The molecular formula is C23H20N6O4. The lowest BCUT2D eigenvalue weighted by molar-refractivity contribution is -0.141. The summed E-state index contributed by atoms with van der Waals surface area (Å²) in [7, 11) is 0. The van der Waals surface area contributed by atoms with Crippen molar-refractivity contribution in [3.05, 3.63) is 48.0 Å². The summed E-state index contributed by atoms with van der Waals surface area (Å²) >= 11 is 0. The third-order valence-corrected chi connectivity index (χ3v) is 6.00. The minimum Gasteiger partial charge on any atom is -0.481 e. The van der Waals surface area contributed by atoms with Gasteiger partial charge in [0.15, 0.2) is 5.82 Å². The van der Waals surface area contributed by atoms with Crippen molar-refractivity contribution in [2.24, 2.45) is 0 Å². The largest absolute Gasteiger partial charge is 0.481 e. The van der Waals surface area contributed by atoms with Crippen molar-refractivity contribution in [1.82, 2.24) is 25.0 Å². The second-order valence-corrected chi connectivity index (χ2v) is 8.39. The van der Waals surface area contributed by atoms with Gasteiger partial charge in [-0.3, -0.25) is 9.59 Å². The molecule has 33 heavy (non-hydrogen) atoms. The fourth-order valence-corrected chi connectivity index (χ4v) is 4.21. The van der Waals surface area contributed by atoms with Gasteiger partial charge in [0.25, 0.3) is 5.89 Å². The third kappa shape index (κ3) is 3.59. The van der Waals surface area contributed by atoms with Gasteiger partial charge in [0.2, 0.25) is 11.7 Å². The number of hydrogen-bond donors (Lipinski definition) is 3. The van der Waals surface area contributed by atoms with E-state index in [1.54, 1.807) is 4.90 Å². The highest BCUT2D eigenvalue weighted by molar-refractivity contribution is 5.90. The van der Waals surface area contributed by atoms with Crippen LogP contribution in [-0.2, 0) is 16.1 Å². The van der Waals surface area contributed by atoms with Crippen LogP contribution in [0.5, 0.6) is 0 Å². The van der Waals surface area contributed by atoms with Crippen LogP contribution in [0.1, 0.15) is 24.8 Å². The molecule has 3 N–H and O–H groups in total. The summed E-state index contributed by atoms with van der Waals surface area (Å²) in [4.78, 5) is 38.2. The topological polar surface area (TPSA) is 137 Å². The number of benzene rings is 2. The smallest absolute Gasteiger partial charge is 0.305 e. The summed E-state index contributed by atoms with van der Waals surface area (Å²) < 4.78 is 5.51. The standard InChI is InChI=1S/C23H20N6O4/c30-19(31)10-18-23(32)29(14-6-7-14)11-13-9-12(5-8-15(13)24-18)22-27-21(28-33-22)20-25-16-3-1-2-4-17(16)26-20/h1-5,8-9,14,18,24H,6-7,10-11H2,(H,25,26)(H,30,31). The Morgan fingerprint density at radius 2 is 2.03 bits per heavy atom. The lowest BCUT2D eigenvalue weighted by atomic mass is 10.1. The van der Waals surface area contributed by atoms with Gasteiger partial charge in [-0.1, -0.05) is 17.3 Å². The van der Waals surface area contributed by atoms with Gasteiger partial charge in [-0.2, -0.15) is 4.98 Å². The quantitative estimate of drug-likeness (QED) is 0.427. The predicted octanol–water partition coefficient (Wildman–Crippen LogP) is 3.04. The lowest BCUT2D eigenvalue weighted by Gasteiger charge is -2.23. The number of carbonyl (C=O) groups excluding carboxylic acids is 1. The minimum atomic E-state index is -1.01. The molecular weight excluding hydrogens is 424 g/mol. The van der Waals surface area contributed by atoms with Crippen molar-refractivity contribution in [2.45, 2.75) is 37.9 Å². The van der Waals surface area contributed by atoms with Crippen LogP contribution in [-0.4, -0.2) is 54.1 Å². The number of carboxylic acid groups (broad SMARTS) is 1. The van der Waals surface area contributed by atoms with Gasteiger partial charge in [-0.05, 0) is 48.7 Å². The number of aromatic nitrogens is 4. The molecule has 0 radical (unpaired) electrons. The number of nitrogens with one attached hydrogen (secondary N) is 2. The molecule has 1 fully saturated rings. The van der Waals surface area contributed by atoms with Crippen molar-refractivity contribution in [1.29, 1.82) is 0 Å². The van der Waals surface area contributed by atoms with E-state index in [0.717, 1.165) is 35.1 Å². The van der Waals surface area contributed by atoms with Crippen LogP contribution in [0.4, 0.5) is 5.69 Å². The van der Waals surface area contributed by atoms with Crippen LogP contribution in [0.15, 0.2) is 47.0 Å². The first-order valence-electron chi connectivity index (χ1n) is 10.8. The molecule has 0 saturated heterocycles. The summed E-state index contributed by atoms with van der Waals surface area (Å²) in [5, 5.41) is 16.5. The minimum absolute atomic E-state index is 0.160. The van der Waals surface area contributed by atoms with E-state index in [0.29, 0.717) is 29.6 Å². The van der Waals surface area contributed by atoms with Crippen molar-refractivity contribution < 1.29 is 19.2 Å². The molecule has 1 unspecified atom stereocenters. The molecule has 2 aromatic heterocycles. The Labute approximate surface area is 187 Å². The number of anilines is 1. The zero-order valence-electron chi connectivity index (χ0n) is 17.5. The number of fused-ring (bicyclic) bond motifs is 2. The monoisotopic (exact) mass is 444 g/mol. The van der Waals surface area contributed by atoms with Crippen LogP contribution < -0.4 is 5.32 Å². The van der Waals surface area contributed by atoms with E-state index >= 15 is 0 Å². The summed E-state index contributed by atoms with van der Waals surface area (Å²) in [6.07, 6.45) is 1.60. The van der Waals surface area contributed by atoms with E-state index in [-0.39, 0.29) is 18.4 Å². The molecule has 166 valence electrons. The molecule has 3 heterocycles. The first kappa shape index (κ1) is 19.5. The van der Waals surface area contributed by atoms with Gasteiger partial charge in [0, 0.05) is 23.8 Å².